The van der Waals surface area contributed by atoms with Crippen LogP contribution in [0.15, 0.2) is 10.6 Å². The molecule has 0 spiro atoms. The Kier molecular flexibility index (Phi) is 4.59. The van der Waals surface area contributed by atoms with Gasteiger partial charge in [-0.1, -0.05) is 5.16 Å². The Morgan fingerprint density at radius 1 is 1.42 bits per heavy atom. The van der Waals surface area contributed by atoms with Crippen LogP contribution in [-0.4, -0.2) is 31.3 Å². The van der Waals surface area contributed by atoms with Crippen molar-refractivity contribution in [2.75, 3.05) is 6.54 Å². The molecule has 1 heterocycles. The molecule has 0 saturated heterocycles. The van der Waals surface area contributed by atoms with Crippen molar-refractivity contribution < 1.29 is 18.0 Å². The van der Waals surface area contributed by atoms with Crippen LogP contribution in [-0.2, 0) is 15.8 Å². The lowest BCUT2D eigenvalue weighted by molar-refractivity contribution is 0.109. The minimum Gasteiger partial charge on any atom is -0.393 e. The van der Waals surface area contributed by atoms with Gasteiger partial charge in [0.2, 0.25) is 10.0 Å². The topological polar surface area (TPSA) is 92.4 Å². The van der Waals surface area contributed by atoms with Crippen LogP contribution in [0.25, 0.3) is 0 Å². The zero-order valence-electron chi connectivity index (χ0n) is 11.0. The molecule has 1 saturated carbocycles. The fourth-order valence-corrected chi connectivity index (χ4v) is 3.44. The number of rotatable bonds is 5. The van der Waals surface area contributed by atoms with Gasteiger partial charge >= 0.3 is 0 Å². The van der Waals surface area contributed by atoms with E-state index in [4.69, 9.17) is 4.52 Å². The number of nitrogens with one attached hydrogen (secondary N) is 1. The predicted molar refractivity (Wildman–Crippen MR) is 69.8 cm³/mol. The van der Waals surface area contributed by atoms with E-state index in [1.54, 1.807) is 13.0 Å². The number of hydrogen-bond acceptors (Lipinski definition) is 5. The molecule has 0 radical (unpaired) electrons. The van der Waals surface area contributed by atoms with Gasteiger partial charge < -0.3 is 9.63 Å². The molecule has 0 amide bonds. The summed E-state index contributed by atoms with van der Waals surface area (Å²) in [5.41, 5.74) is 0.420. The Balaban J connectivity index is 1.81. The SMILES string of the molecule is Cc1cc(CS(=O)(=O)NCC2CCC(O)CC2)no1. The van der Waals surface area contributed by atoms with Crippen molar-refractivity contribution in [2.45, 2.75) is 44.5 Å². The maximum absolute atomic E-state index is 11.9. The van der Waals surface area contributed by atoms with Crippen LogP contribution in [0.1, 0.15) is 37.1 Å². The van der Waals surface area contributed by atoms with E-state index in [0.29, 0.717) is 23.9 Å². The highest BCUT2D eigenvalue weighted by molar-refractivity contribution is 7.88. The van der Waals surface area contributed by atoms with Crippen LogP contribution in [0.4, 0.5) is 0 Å². The highest BCUT2D eigenvalue weighted by Gasteiger charge is 2.21. The minimum atomic E-state index is -3.37. The van der Waals surface area contributed by atoms with Crippen LogP contribution in [0.3, 0.4) is 0 Å². The summed E-state index contributed by atoms with van der Waals surface area (Å²) in [4.78, 5) is 0. The molecule has 7 heteroatoms. The summed E-state index contributed by atoms with van der Waals surface area (Å²) in [5, 5.41) is 13.1. The van der Waals surface area contributed by atoms with Gasteiger partial charge in [0.05, 0.1) is 6.10 Å². The van der Waals surface area contributed by atoms with E-state index < -0.39 is 10.0 Å². The lowest BCUT2D eigenvalue weighted by Gasteiger charge is -2.25. The van der Waals surface area contributed by atoms with E-state index in [1.165, 1.54) is 0 Å². The molecule has 2 N–H and O–H groups in total. The number of sulfonamides is 1. The largest absolute Gasteiger partial charge is 0.393 e. The van der Waals surface area contributed by atoms with Gasteiger partial charge in [-0.25, -0.2) is 13.1 Å². The molecule has 1 aliphatic carbocycles. The number of aliphatic hydroxyl groups is 1. The van der Waals surface area contributed by atoms with E-state index in [-0.39, 0.29) is 11.9 Å². The molecule has 0 atom stereocenters. The second kappa shape index (κ2) is 6.02. The first-order valence-electron chi connectivity index (χ1n) is 6.52. The molecule has 0 aliphatic heterocycles. The molecule has 0 unspecified atom stereocenters. The molecular weight excluding hydrogens is 268 g/mol. The summed E-state index contributed by atoms with van der Waals surface area (Å²) in [6.45, 7) is 2.16. The maximum atomic E-state index is 11.9. The summed E-state index contributed by atoms with van der Waals surface area (Å²) in [6.07, 6.45) is 3.04. The van der Waals surface area contributed by atoms with Gasteiger partial charge in [-0.3, -0.25) is 0 Å². The maximum Gasteiger partial charge on any atom is 0.217 e. The van der Waals surface area contributed by atoms with Crippen molar-refractivity contribution >= 4 is 10.0 Å². The number of aliphatic hydroxyl groups excluding tert-OH is 1. The average Bonchev–Trinajstić information content (AvgIpc) is 2.73. The van der Waals surface area contributed by atoms with Gasteiger partial charge in [0, 0.05) is 12.6 Å². The standard InChI is InChI=1S/C12H20N2O4S/c1-9-6-11(14-18-9)8-19(16,17)13-7-10-2-4-12(15)5-3-10/h6,10,12-13,15H,2-5,7-8H2,1H3. The third-order valence-electron chi connectivity index (χ3n) is 3.42. The monoisotopic (exact) mass is 288 g/mol. The Bertz CT molecular complexity index is 504. The van der Waals surface area contributed by atoms with Crippen LogP contribution < -0.4 is 4.72 Å². The number of hydrogen-bond donors (Lipinski definition) is 2. The van der Waals surface area contributed by atoms with E-state index in [9.17, 15) is 13.5 Å². The quantitative estimate of drug-likeness (QED) is 0.841. The Hall–Kier alpha value is -0.920. The third-order valence-corrected chi connectivity index (χ3v) is 4.71. The van der Waals surface area contributed by atoms with Gasteiger partial charge in [0.1, 0.15) is 17.2 Å². The Morgan fingerprint density at radius 2 is 2.11 bits per heavy atom. The second-order valence-corrected chi connectivity index (χ2v) is 7.02. The van der Waals surface area contributed by atoms with Gasteiger partial charge in [-0.15, -0.1) is 0 Å². The molecule has 2 rings (SSSR count). The molecular formula is C12H20N2O4S. The normalized spacial score (nSPS) is 24.5. The van der Waals surface area contributed by atoms with E-state index in [2.05, 4.69) is 9.88 Å². The van der Waals surface area contributed by atoms with Crippen molar-refractivity contribution in [3.05, 3.63) is 17.5 Å². The highest BCUT2D eigenvalue weighted by Crippen LogP contribution is 2.23. The molecule has 6 nitrogen and oxygen atoms in total. The van der Waals surface area contributed by atoms with E-state index >= 15 is 0 Å². The number of aromatic nitrogens is 1. The van der Waals surface area contributed by atoms with E-state index in [1.807, 2.05) is 0 Å². The predicted octanol–water partition coefficient (Wildman–Crippen LogP) is 0.954. The second-order valence-electron chi connectivity index (χ2n) is 5.21. The van der Waals surface area contributed by atoms with Gasteiger partial charge in [0.15, 0.2) is 0 Å². The Labute approximate surface area is 113 Å². The van der Waals surface area contributed by atoms with Gasteiger partial charge in [0.25, 0.3) is 0 Å². The molecule has 1 aromatic heterocycles. The number of nitrogens with zero attached hydrogens (tertiary/aromatic N) is 1. The summed E-state index contributed by atoms with van der Waals surface area (Å²) >= 11 is 0. The van der Waals surface area contributed by atoms with Crippen molar-refractivity contribution in [3.8, 4) is 0 Å². The molecule has 1 aromatic rings. The Morgan fingerprint density at radius 3 is 2.68 bits per heavy atom. The van der Waals surface area contributed by atoms with Crippen LogP contribution in [0.2, 0.25) is 0 Å². The third kappa shape index (κ3) is 4.59. The first-order valence-corrected chi connectivity index (χ1v) is 8.17. The summed E-state index contributed by atoms with van der Waals surface area (Å²) in [6, 6.07) is 1.62. The fraction of sp³-hybridized carbons (Fsp3) is 0.750. The molecule has 0 bridgehead atoms. The zero-order chi connectivity index (χ0) is 13.9. The lowest BCUT2D eigenvalue weighted by atomic mass is 9.88. The first kappa shape index (κ1) is 14.5. The van der Waals surface area contributed by atoms with Crippen molar-refractivity contribution in [1.82, 2.24) is 9.88 Å². The smallest absolute Gasteiger partial charge is 0.217 e. The van der Waals surface area contributed by atoms with Crippen LogP contribution >= 0.6 is 0 Å². The first-order chi connectivity index (χ1) is 8.94. The zero-order valence-corrected chi connectivity index (χ0v) is 11.8. The summed E-state index contributed by atoms with van der Waals surface area (Å²) in [7, 11) is -3.37. The van der Waals surface area contributed by atoms with Gasteiger partial charge in [-0.2, -0.15) is 0 Å². The van der Waals surface area contributed by atoms with Crippen molar-refractivity contribution in [2.24, 2.45) is 5.92 Å². The van der Waals surface area contributed by atoms with Crippen LogP contribution in [0.5, 0.6) is 0 Å². The molecule has 108 valence electrons. The summed E-state index contributed by atoms with van der Waals surface area (Å²) < 4.78 is 31.2. The average molecular weight is 288 g/mol. The van der Waals surface area contributed by atoms with E-state index in [0.717, 1.165) is 25.7 Å². The van der Waals surface area contributed by atoms with Gasteiger partial charge in [-0.05, 0) is 38.5 Å². The molecule has 1 fully saturated rings. The fourth-order valence-electron chi connectivity index (χ4n) is 2.33. The minimum absolute atomic E-state index is 0.153. The van der Waals surface area contributed by atoms with Crippen LogP contribution in [0, 0.1) is 12.8 Å². The highest BCUT2D eigenvalue weighted by atomic mass is 32.2. The summed E-state index contributed by atoms with van der Waals surface area (Å²) in [5.74, 6) is 0.767. The molecule has 0 aromatic carbocycles. The lowest BCUT2D eigenvalue weighted by Crippen LogP contribution is -2.32. The molecule has 1 aliphatic rings. The van der Waals surface area contributed by atoms with Crippen molar-refractivity contribution in [3.63, 3.8) is 0 Å². The number of aryl methyl sites for hydroxylation is 1. The molecule has 19 heavy (non-hydrogen) atoms. The van der Waals surface area contributed by atoms with Crippen molar-refractivity contribution in [1.29, 1.82) is 0 Å².